The molecule has 1 saturated heterocycles. The lowest BCUT2D eigenvalue weighted by atomic mass is 9.95. The molecule has 2 aromatic rings. The van der Waals surface area contributed by atoms with Gasteiger partial charge in [0, 0.05) is 30.4 Å². The number of amides is 1. The van der Waals surface area contributed by atoms with E-state index in [4.69, 9.17) is 4.74 Å². The van der Waals surface area contributed by atoms with E-state index in [-0.39, 0.29) is 5.92 Å². The molecule has 2 aromatic carbocycles. The van der Waals surface area contributed by atoms with E-state index < -0.39 is 0 Å². The summed E-state index contributed by atoms with van der Waals surface area (Å²) in [6.07, 6.45) is 6.88. The van der Waals surface area contributed by atoms with Crippen LogP contribution in [-0.4, -0.2) is 25.0 Å². The number of hydrogen-bond donors (Lipinski definition) is 2. The van der Waals surface area contributed by atoms with Crippen molar-refractivity contribution in [3.05, 3.63) is 65.7 Å². The molecule has 0 unspecified atom stereocenters. The maximum atomic E-state index is 12.5. The molecule has 1 amide bonds. The number of quaternary nitrogens is 1. The molecule has 4 nitrogen and oxygen atoms in total. The molecule has 1 heterocycles. The highest BCUT2D eigenvalue weighted by Crippen LogP contribution is 2.19. The Balaban J connectivity index is 1.19. The van der Waals surface area contributed by atoms with Gasteiger partial charge in [-0.3, -0.25) is 4.79 Å². The number of piperidine rings is 1. The number of carbonyl (C=O) groups is 1. The van der Waals surface area contributed by atoms with Crippen molar-refractivity contribution in [1.82, 2.24) is 5.32 Å². The van der Waals surface area contributed by atoms with Crippen LogP contribution in [0, 0.1) is 5.92 Å². The summed E-state index contributed by atoms with van der Waals surface area (Å²) in [7, 11) is 0. The van der Waals surface area contributed by atoms with Crippen LogP contribution in [0.15, 0.2) is 54.6 Å². The van der Waals surface area contributed by atoms with Gasteiger partial charge in [-0.05, 0) is 42.7 Å². The van der Waals surface area contributed by atoms with Crippen LogP contribution in [0.2, 0.25) is 0 Å². The number of ether oxygens (including phenoxy) is 1. The quantitative estimate of drug-likeness (QED) is 0.759. The van der Waals surface area contributed by atoms with Crippen LogP contribution in [0.5, 0.6) is 5.75 Å². The van der Waals surface area contributed by atoms with Crippen molar-refractivity contribution >= 4 is 5.91 Å². The molecule has 1 aliphatic heterocycles. The standard InChI is InChI=1S/C25H32N2O2/c28-25(26-23-8-4-5-9-23)22-14-16-27(17-15-22)18-20-10-12-24(13-11-20)29-19-21-6-2-1-3-7-21/h1-3,6-7,10-13,22-23H,4-5,8-9,14-19H2,(H,26,28)/p+1. The highest BCUT2D eigenvalue weighted by Gasteiger charge is 2.29. The SMILES string of the molecule is O=C(NC1CCCC1)C1CC[NH+](Cc2ccc(OCc3ccccc3)cc2)CC1. The Kier molecular flexibility index (Phi) is 6.83. The zero-order chi connectivity index (χ0) is 19.9. The minimum Gasteiger partial charge on any atom is -0.489 e. The zero-order valence-electron chi connectivity index (χ0n) is 17.2. The van der Waals surface area contributed by atoms with Gasteiger partial charge in [0.05, 0.1) is 13.1 Å². The molecule has 0 spiro atoms. The predicted octanol–water partition coefficient (Wildman–Crippen LogP) is 3.12. The summed E-state index contributed by atoms with van der Waals surface area (Å²) in [6.45, 7) is 3.78. The van der Waals surface area contributed by atoms with Crippen LogP contribution >= 0.6 is 0 Å². The number of hydrogen-bond acceptors (Lipinski definition) is 2. The van der Waals surface area contributed by atoms with Crippen molar-refractivity contribution in [2.75, 3.05) is 13.1 Å². The molecule has 1 aliphatic carbocycles. The number of likely N-dealkylation sites (tertiary alicyclic amines) is 1. The van der Waals surface area contributed by atoms with Gasteiger partial charge in [-0.1, -0.05) is 43.2 Å². The van der Waals surface area contributed by atoms with Crippen molar-refractivity contribution in [2.45, 2.75) is 57.7 Å². The first-order valence-electron chi connectivity index (χ1n) is 11.2. The second-order valence-corrected chi connectivity index (χ2v) is 8.61. The maximum absolute atomic E-state index is 12.5. The zero-order valence-corrected chi connectivity index (χ0v) is 17.2. The van der Waals surface area contributed by atoms with Crippen LogP contribution in [0.25, 0.3) is 0 Å². The van der Waals surface area contributed by atoms with Crippen LogP contribution in [0.4, 0.5) is 0 Å². The molecule has 2 aliphatic rings. The van der Waals surface area contributed by atoms with E-state index >= 15 is 0 Å². The summed E-state index contributed by atoms with van der Waals surface area (Å²) in [5.74, 6) is 1.43. The van der Waals surface area contributed by atoms with Crippen LogP contribution in [-0.2, 0) is 17.9 Å². The Bertz CT molecular complexity index is 761. The Morgan fingerprint density at radius 1 is 0.897 bits per heavy atom. The van der Waals surface area contributed by atoms with Gasteiger partial charge in [0.25, 0.3) is 0 Å². The second-order valence-electron chi connectivity index (χ2n) is 8.61. The van der Waals surface area contributed by atoms with E-state index in [1.807, 2.05) is 18.2 Å². The molecule has 29 heavy (non-hydrogen) atoms. The van der Waals surface area contributed by atoms with Gasteiger partial charge in [-0.2, -0.15) is 0 Å². The van der Waals surface area contributed by atoms with Crippen molar-refractivity contribution in [1.29, 1.82) is 0 Å². The molecule has 0 atom stereocenters. The van der Waals surface area contributed by atoms with Gasteiger partial charge in [-0.15, -0.1) is 0 Å². The largest absolute Gasteiger partial charge is 0.489 e. The van der Waals surface area contributed by atoms with Gasteiger partial charge in [-0.25, -0.2) is 0 Å². The Labute approximate surface area is 174 Å². The summed E-state index contributed by atoms with van der Waals surface area (Å²) < 4.78 is 5.88. The third kappa shape index (κ3) is 5.83. The minimum absolute atomic E-state index is 0.216. The minimum atomic E-state index is 0.216. The first-order valence-corrected chi connectivity index (χ1v) is 11.2. The fourth-order valence-electron chi connectivity index (χ4n) is 4.59. The summed E-state index contributed by atoms with van der Waals surface area (Å²) in [4.78, 5) is 14.1. The lowest BCUT2D eigenvalue weighted by Crippen LogP contribution is -3.11. The Morgan fingerprint density at radius 2 is 1.59 bits per heavy atom. The normalized spacial score (nSPS) is 22.3. The highest BCUT2D eigenvalue weighted by atomic mass is 16.5. The molecule has 0 radical (unpaired) electrons. The first kappa shape index (κ1) is 20.0. The third-order valence-corrected chi connectivity index (χ3v) is 6.39. The monoisotopic (exact) mass is 393 g/mol. The van der Waals surface area contributed by atoms with Gasteiger partial charge in [0.2, 0.25) is 5.91 Å². The lowest BCUT2D eigenvalue weighted by molar-refractivity contribution is -0.919. The fraction of sp³-hybridized carbons (Fsp3) is 0.480. The predicted molar refractivity (Wildman–Crippen MR) is 115 cm³/mol. The van der Waals surface area contributed by atoms with Crippen LogP contribution in [0.3, 0.4) is 0 Å². The third-order valence-electron chi connectivity index (χ3n) is 6.39. The van der Waals surface area contributed by atoms with Crippen molar-refractivity contribution in [2.24, 2.45) is 5.92 Å². The molecule has 4 heteroatoms. The summed E-state index contributed by atoms with van der Waals surface area (Å²) >= 11 is 0. The number of benzene rings is 2. The van der Waals surface area contributed by atoms with Crippen LogP contribution < -0.4 is 15.0 Å². The molecule has 0 aromatic heterocycles. The van der Waals surface area contributed by atoms with E-state index in [9.17, 15) is 4.79 Å². The van der Waals surface area contributed by atoms with Crippen molar-refractivity contribution < 1.29 is 14.4 Å². The van der Waals surface area contributed by atoms with Crippen LogP contribution in [0.1, 0.15) is 49.7 Å². The molecular weight excluding hydrogens is 360 g/mol. The van der Waals surface area contributed by atoms with E-state index in [1.54, 1.807) is 4.90 Å². The van der Waals surface area contributed by atoms with Crippen molar-refractivity contribution in [3.63, 3.8) is 0 Å². The number of carbonyl (C=O) groups excluding carboxylic acids is 1. The highest BCUT2D eigenvalue weighted by molar-refractivity contribution is 5.79. The van der Waals surface area contributed by atoms with Gasteiger partial charge in [0.1, 0.15) is 18.9 Å². The second kappa shape index (κ2) is 9.93. The first-order chi connectivity index (χ1) is 14.3. The smallest absolute Gasteiger partial charge is 0.223 e. The molecule has 2 fully saturated rings. The Morgan fingerprint density at radius 3 is 2.28 bits per heavy atom. The number of rotatable bonds is 7. The molecule has 4 rings (SSSR count). The lowest BCUT2D eigenvalue weighted by Gasteiger charge is -2.29. The van der Waals surface area contributed by atoms with E-state index in [0.717, 1.165) is 38.2 Å². The molecule has 1 saturated carbocycles. The van der Waals surface area contributed by atoms with Gasteiger partial charge >= 0.3 is 0 Å². The molecule has 154 valence electrons. The maximum Gasteiger partial charge on any atom is 0.223 e. The van der Waals surface area contributed by atoms with Gasteiger partial charge in [0.15, 0.2) is 0 Å². The average molecular weight is 394 g/mol. The van der Waals surface area contributed by atoms with Gasteiger partial charge < -0.3 is 15.0 Å². The van der Waals surface area contributed by atoms with E-state index in [2.05, 4.69) is 41.7 Å². The summed E-state index contributed by atoms with van der Waals surface area (Å²) in [5.41, 5.74) is 2.52. The topological polar surface area (TPSA) is 42.8 Å². The van der Waals surface area contributed by atoms with E-state index in [1.165, 1.54) is 36.8 Å². The average Bonchev–Trinajstić information content (AvgIpc) is 3.27. The molecular formula is C25H33N2O2+. The summed E-state index contributed by atoms with van der Waals surface area (Å²) in [6, 6.07) is 19.2. The molecule has 0 bridgehead atoms. The fourth-order valence-corrected chi connectivity index (χ4v) is 4.59. The summed E-state index contributed by atoms with van der Waals surface area (Å²) in [5, 5.41) is 3.28. The number of nitrogens with one attached hydrogen (secondary N) is 2. The molecule has 2 N–H and O–H groups in total. The van der Waals surface area contributed by atoms with E-state index in [0.29, 0.717) is 18.6 Å². The van der Waals surface area contributed by atoms with Crippen molar-refractivity contribution in [3.8, 4) is 5.75 Å². The Hall–Kier alpha value is -2.33.